The van der Waals surface area contributed by atoms with Crippen LogP contribution in [0.15, 0.2) is 0 Å². The number of likely N-dealkylation sites (N-methyl/N-ethyl adjacent to an activating group) is 1. The third-order valence-electron chi connectivity index (χ3n) is 3.55. The Kier molecular flexibility index (Phi) is 4.74. The summed E-state index contributed by atoms with van der Waals surface area (Å²) in [5, 5.41) is 0. The van der Waals surface area contributed by atoms with Crippen molar-refractivity contribution in [3.05, 3.63) is 0 Å². The molecule has 0 aromatic carbocycles. The number of thioether (sulfide) groups is 1. The molecule has 0 bridgehead atoms. The molecule has 1 aliphatic heterocycles. The molecular formula is C11H24N2S. The van der Waals surface area contributed by atoms with Crippen LogP contribution in [0.2, 0.25) is 0 Å². The lowest BCUT2D eigenvalue weighted by Gasteiger charge is -2.38. The second-order valence-electron chi connectivity index (χ2n) is 4.62. The molecule has 1 saturated heterocycles. The monoisotopic (exact) mass is 216 g/mol. The molecule has 0 aromatic heterocycles. The standard InChI is InChI=1S/C11H24N2S/c1-4-10(2)7-13(3)11(8-12)5-6-14-9-11/h10H,4-9,12H2,1-3H3. The van der Waals surface area contributed by atoms with Crippen molar-refractivity contribution >= 4 is 11.8 Å². The second kappa shape index (κ2) is 5.38. The van der Waals surface area contributed by atoms with Crippen molar-refractivity contribution in [3.8, 4) is 0 Å². The number of nitrogens with two attached hydrogens (primary N) is 1. The van der Waals surface area contributed by atoms with E-state index in [0.29, 0.717) is 5.54 Å². The van der Waals surface area contributed by atoms with Gasteiger partial charge in [-0.25, -0.2) is 0 Å². The first-order chi connectivity index (χ1) is 6.64. The van der Waals surface area contributed by atoms with Gasteiger partial charge >= 0.3 is 0 Å². The van der Waals surface area contributed by atoms with Gasteiger partial charge in [0.15, 0.2) is 0 Å². The van der Waals surface area contributed by atoms with Crippen molar-refractivity contribution in [2.24, 2.45) is 11.7 Å². The van der Waals surface area contributed by atoms with E-state index in [1.807, 2.05) is 11.8 Å². The van der Waals surface area contributed by atoms with Crippen LogP contribution in [0.5, 0.6) is 0 Å². The van der Waals surface area contributed by atoms with E-state index in [9.17, 15) is 0 Å². The second-order valence-corrected chi connectivity index (χ2v) is 5.73. The van der Waals surface area contributed by atoms with Gasteiger partial charge in [0, 0.05) is 24.4 Å². The van der Waals surface area contributed by atoms with Crippen molar-refractivity contribution in [1.29, 1.82) is 0 Å². The Balaban J connectivity index is 2.51. The third kappa shape index (κ3) is 2.65. The molecule has 0 aliphatic carbocycles. The Morgan fingerprint density at radius 2 is 2.29 bits per heavy atom. The smallest absolute Gasteiger partial charge is 0.0426 e. The van der Waals surface area contributed by atoms with E-state index in [1.165, 1.54) is 30.9 Å². The van der Waals surface area contributed by atoms with Crippen molar-refractivity contribution < 1.29 is 0 Å². The van der Waals surface area contributed by atoms with Gasteiger partial charge in [0.05, 0.1) is 0 Å². The summed E-state index contributed by atoms with van der Waals surface area (Å²) in [7, 11) is 2.24. The van der Waals surface area contributed by atoms with Crippen LogP contribution in [0.3, 0.4) is 0 Å². The largest absolute Gasteiger partial charge is 0.329 e. The van der Waals surface area contributed by atoms with Gasteiger partial charge in [-0.15, -0.1) is 0 Å². The Labute approximate surface area is 92.6 Å². The van der Waals surface area contributed by atoms with Gasteiger partial charge in [-0.3, -0.25) is 4.90 Å². The molecule has 1 rings (SSSR count). The Hall–Kier alpha value is 0.270. The first-order valence-corrected chi connectivity index (χ1v) is 6.79. The van der Waals surface area contributed by atoms with Crippen molar-refractivity contribution in [2.45, 2.75) is 32.2 Å². The maximum absolute atomic E-state index is 5.93. The molecule has 0 saturated carbocycles. The molecule has 14 heavy (non-hydrogen) atoms. The molecule has 1 aliphatic rings. The zero-order valence-corrected chi connectivity index (χ0v) is 10.6. The lowest BCUT2D eigenvalue weighted by atomic mass is 9.95. The summed E-state index contributed by atoms with van der Waals surface area (Å²) in [4.78, 5) is 2.50. The highest BCUT2D eigenvalue weighted by molar-refractivity contribution is 7.99. The Morgan fingerprint density at radius 3 is 2.71 bits per heavy atom. The summed E-state index contributed by atoms with van der Waals surface area (Å²) < 4.78 is 0. The summed E-state index contributed by atoms with van der Waals surface area (Å²) in [6, 6.07) is 0. The van der Waals surface area contributed by atoms with E-state index >= 15 is 0 Å². The van der Waals surface area contributed by atoms with E-state index in [4.69, 9.17) is 5.73 Å². The minimum atomic E-state index is 0.300. The van der Waals surface area contributed by atoms with Crippen LogP contribution in [-0.2, 0) is 0 Å². The predicted molar refractivity (Wildman–Crippen MR) is 65.8 cm³/mol. The quantitative estimate of drug-likeness (QED) is 0.760. The SMILES string of the molecule is CCC(C)CN(C)C1(CN)CCSC1. The Bertz CT molecular complexity index is 167. The average Bonchev–Trinajstić information content (AvgIpc) is 2.67. The molecular weight excluding hydrogens is 192 g/mol. The van der Waals surface area contributed by atoms with Gasteiger partial charge < -0.3 is 5.73 Å². The first-order valence-electron chi connectivity index (χ1n) is 5.63. The minimum Gasteiger partial charge on any atom is -0.329 e. The lowest BCUT2D eigenvalue weighted by Crippen LogP contribution is -2.53. The van der Waals surface area contributed by atoms with Crippen molar-refractivity contribution in [3.63, 3.8) is 0 Å². The zero-order valence-electron chi connectivity index (χ0n) is 9.75. The number of hydrogen-bond acceptors (Lipinski definition) is 3. The van der Waals surface area contributed by atoms with E-state index in [-0.39, 0.29) is 0 Å². The predicted octanol–water partition coefficient (Wildman–Crippen LogP) is 1.80. The molecule has 0 amide bonds. The number of hydrogen-bond donors (Lipinski definition) is 1. The van der Waals surface area contributed by atoms with Gasteiger partial charge in [0.1, 0.15) is 0 Å². The normalized spacial score (nSPS) is 29.8. The average molecular weight is 216 g/mol. The Morgan fingerprint density at radius 1 is 1.57 bits per heavy atom. The number of nitrogens with zero attached hydrogens (tertiary/aromatic N) is 1. The van der Waals surface area contributed by atoms with Crippen LogP contribution in [0.1, 0.15) is 26.7 Å². The highest BCUT2D eigenvalue weighted by Crippen LogP contribution is 2.32. The molecule has 84 valence electrons. The fourth-order valence-electron chi connectivity index (χ4n) is 2.00. The van der Waals surface area contributed by atoms with E-state index in [1.54, 1.807) is 0 Å². The van der Waals surface area contributed by atoms with Crippen LogP contribution in [0.4, 0.5) is 0 Å². The molecule has 0 radical (unpaired) electrons. The summed E-state index contributed by atoms with van der Waals surface area (Å²) in [5.74, 6) is 3.28. The molecule has 2 atom stereocenters. The van der Waals surface area contributed by atoms with E-state index in [0.717, 1.165) is 12.5 Å². The maximum Gasteiger partial charge on any atom is 0.0426 e. The molecule has 3 heteroatoms. The highest BCUT2D eigenvalue weighted by atomic mass is 32.2. The fraction of sp³-hybridized carbons (Fsp3) is 1.00. The third-order valence-corrected chi connectivity index (χ3v) is 4.79. The van der Waals surface area contributed by atoms with Gasteiger partial charge in [0.25, 0.3) is 0 Å². The van der Waals surface area contributed by atoms with Gasteiger partial charge in [0.2, 0.25) is 0 Å². The van der Waals surface area contributed by atoms with Crippen LogP contribution in [0, 0.1) is 5.92 Å². The van der Waals surface area contributed by atoms with Gasteiger partial charge in [-0.1, -0.05) is 20.3 Å². The van der Waals surface area contributed by atoms with Gasteiger partial charge in [-0.05, 0) is 25.1 Å². The molecule has 0 aromatic rings. The van der Waals surface area contributed by atoms with Crippen molar-refractivity contribution in [1.82, 2.24) is 4.90 Å². The van der Waals surface area contributed by atoms with Crippen molar-refractivity contribution in [2.75, 3.05) is 31.6 Å². The molecule has 2 nitrogen and oxygen atoms in total. The summed E-state index contributed by atoms with van der Waals surface area (Å²) >= 11 is 2.05. The molecule has 2 N–H and O–H groups in total. The fourth-order valence-corrected chi connectivity index (χ4v) is 3.54. The minimum absolute atomic E-state index is 0.300. The van der Waals surface area contributed by atoms with Crippen LogP contribution in [0.25, 0.3) is 0 Å². The van der Waals surface area contributed by atoms with E-state index in [2.05, 4.69) is 25.8 Å². The van der Waals surface area contributed by atoms with Gasteiger partial charge in [-0.2, -0.15) is 11.8 Å². The topological polar surface area (TPSA) is 29.3 Å². The lowest BCUT2D eigenvalue weighted by molar-refractivity contribution is 0.131. The summed E-state index contributed by atoms with van der Waals surface area (Å²) in [6.45, 7) is 6.58. The van der Waals surface area contributed by atoms with E-state index < -0.39 is 0 Å². The maximum atomic E-state index is 5.93. The van der Waals surface area contributed by atoms with Crippen LogP contribution >= 0.6 is 11.8 Å². The molecule has 0 spiro atoms. The summed E-state index contributed by atoms with van der Waals surface area (Å²) in [6.07, 6.45) is 2.53. The number of rotatable bonds is 5. The molecule has 1 fully saturated rings. The van der Waals surface area contributed by atoms with Crippen LogP contribution in [-0.4, -0.2) is 42.1 Å². The first kappa shape index (κ1) is 12.3. The zero-order chi connectivity index (χ0) is 10.6. The summed E-state index contributed by atoms with van der Waals surface area (Å²) in [5.41, 5.74) is 6.23. The van der Waals surface area contributed by atoms with Crippen LogP contribution < -0.4 is 5.73 Å². The molecule has 2 unspecified atom stereocenters. The molecule has 1 heterocycles. The highest BCUT2D eigenvalue weighted by Gasteiger charge is 2.36.